The number of ether oxygens (including phenoxy) is 2. The van der Waals surface area contributed by atoms with E-state index in [0.29, 0.717) is 35.4 Å². The SMILES string of the molecule is CCN1CCC2(CC1)OC(=O)C(C)=C2C(=O)Nc1ccccc1OC. The molecule has 25 heavy (non-hydrogen) atoms. The number of rotatable bonds is 4. The van der Waals surface area contributed by atoms with E-state index in [4.69, 9.17) is 9.47 Å². The van der Waals surface area contributed by atoms with Crippen LogP contribution in [0.3, 0.4) is 0 Å². The van der Waals surface area contributed by atoms with Gasteiger partial charge in [-0.1, -0.05) is 19.1 Å². The number of para-hydroxylation sites is 2. The van der Waals surface area contributed by atoms with Crippen molar-refractivity contribution in [2.45, 2.75) is 32.3 Å². The second-order valence-corrected chi connectivity index (χ2v) is 6.47. The average molecular weight is 344 g/mol. The molecule has 1 spiro atoms. The van der Waals surface area contributed by atoms with Gasteiger partial charge in [-0.25, -0.2) is 4.79 Å². The molecule has 0 aliphatic carbocycles. The Kier molecular flexibility index (Phi) is 4.81. The summed E-state index contributed by atoms with van der Waals surface area (Å²) in [4.78, 5) is 27.5. The Morgan fingerprint density at radius 3 is 2.64 bits per heavy atom. The Balaban J connectivity index is 1.87. The lowest BCUT2D eigenvalue weighted by Crippen LogP contribution is -2.47. The maximum absolute atomic E-state index is 13.0. The van der Waals surface area contributed by atoms with Crippen LogP contribution in [0.5, 0.6) is 5.75 Å². The molecule has 1 N–H and O–H groups in total. The number of esters is 1. The third-order valence-corrected chi connectivity index (χ3v) is 5.12. The molecule has 1 aromatic rings. The minimum absolute atomic E-state index is 0.294. The summed E-state index contributed by atoms with van der Waals surface area (Å²) in [5, 5.41) is 2.88. The van der Waals surface area contributed by atoms with E-state index in [9.17, 15) is 9.59 Å². The second-order valence-electron chi connectivity index (χ2n) is 6.47. The summed E-state index contributed by atoms with van der Waals surface area (Å²) < 4.78 is 11.0. The standard InChI is InChI=1S/C19H24N2O4/c1-4-21-11-9-19(10-12-21)16(13(2)18(23)25-19)17(22)20-14-7-5-6-8-15(14)24-3/h5-8H,4,9-12H2,1-3H3,(H,20,22). The van der Waals surface area contributed by atoms with E-state index in [0.717, 1.165) is 19.6 Å². The van der Waals surface area contributed by atoms with E-state index in [1.807, 2.05) is 12.1 Å². The Morgan fingerprint density at radius 2 is 2.00 bits per heavy atom. The van der Waals surface area contributed by atoms with E-state index in [-0.39, 0.29) is 5.91 Å². The molecule has 0 saturated carbocycles. The summed E-state index contributed by atoms with van der Waals surface area (Å²) in [6, 6.07) is 7.22. The van der Waals surface area contributed by atoms with E-state index < -0.39 is 11.6 Å². The summed E-state index contributed by atoms with van der Waals surface area (Å²) in [7, 11) is 1.56. The Morgan fingerprint density at radius 1 is 1.32 bits per heavy atom. The average Bonchev–Trinajstić information content (AvgIpc) is 2.86. The maximum Gasteiger partial charge on any atom is 0.335 e. The number of carbonyl (C=O) groups is 2. The quantitative estimate of drug-likeness (QED) is 0.849. The number of likely N-dealkylation sites (tertiary alicyclic amines) is 1. The van der Waals surface area contributed by atoms with Crippen LogP contribution in [0.25, 0.3) is 0 Å². The van der Waals surface area contributed by atoms with Gasteiger partial charge in [-0.05, 0) is 25.6 Å². The lowest BCUT2D eigenvalue weighted by molar-refractivity contribution is -0.150. The number of amides is 1. The van der Waals surface area contributed by atoms with Crippen LogP contribution in [0.4, 0.5) is 5.69 Å². The van der Waals surface area contributed by atoms with Crippen LogP contribution < -0.4 is 10.1 Å². The van der Waals surface area contributed by atoms with Crippen LogP contribution in [0.1, 0.15) is 26.7 Å². The number of benzene rings is 1. The van der Waals surface area contributed by atoms with Crippen molar-refractivity contribution in [1.29, 1.82) is 0 Å². The van der Waals surface area contributed by atoms with Crippen LogP contribution >= 0.6 is 0 Å². The van der Waals surface area contributed by atoms with Gasteiger partial charge in [0.15, 0.2) is 0 Å². The van der Waals surface area contributed by atoms with Crippen LogP contribution in [-0.4, -0.2) is 49.1 Å². The molecule has 0 unspecified atom stereocenters. The molecule has 1 aromatic carbocycles. The number of anilines is 1. The maximum atomic E-state index is 13.0. The first kappa shape index (κ1) is 17.5. The van der Waals surface area contributed by atoms with Gasteiger partial charge in [0.05, 0.1) is 18.4 Å². The monoisotopic (exact) mass is 344 g/mol. The number of carbonyl (C=O) groups excluding carboxylic acids is 2. The zero-order chi connectivity index (χ0) is 18.0. The second kappa shape index (κ2) is 6.88. The van der Waals surface area contributed by atoms with Gasteiger partial charge in [-0.3, -0.25) is 4.79 Å². The van der Waals surface area contributed by atoms with Gasteiger partial charge in [-0.2, -0.15) is 0 Å². The van der Waals surface area contributed by atoms with E-state index in [2.05, 4.69) is 17.1 Å². The number of hydrogen-bond acceptors (Lipinski definition) is 5. The molecule has 6 heteroatoms. The Labute approximate surface area is 147 Å². The molecule has 1 fully saturated rings. The largest absolute Gasteiger partial charge is 0.495 e. The van der Waals surface area contributed by atoms with Gasteiger partial charge in [0.2, 0.25) is 0 Å². The van der Waals surface area contributed by atoms with Crippen molar-refractivity contribution in [1.82, 2.24) is 4.90 Å². The summed E-state index contributed by atoms with van der Waals surface area (Å²) in [5.74, 6) is -0.109. The van der Waals surface area contributed by atoms with Crippen LogP contribution in [-0.2, 0) is 14.3 Å². The van der Waals surface area contributed by atoms with E-state index in [1.165, 1.54) is 0 Å². The third kappa shape index (κ3) is 3.14. The van der Waals surface area contributed by atoms with Crippen molar-refractivity contribution in [3.63, 3.8) is 0 Å². The molecule has 3 rings (SSSR count). The topological polar surface area (TPSA) is 67.9 Å². The Hall–Kier alpha value is -2.34. The lowest BCUT2D eigenvalue weighted by Gasteiger charge is -2.39. The molecule has 1 saturated heterocycles. The van der Waals surface area contributed by atoms with Crippen molar-refractivity contribution in [3.8, 4) is 5.75 Å². The number of hydrogen-bond donors (Lipinski definition) is 1. The van der Waals surface area contributed by atoms with Crippen molar-refractivity contribution < 1.29 is 19.1 Å². The highest BCUT2D eigenvalue weighted by Gasteiger charge is 2.50. The van der Waals surface area contributed by atoms with Gasteiger partial charge in [0, 0.05) is 31.5 Å². The van der Waals surface area contributed by atoms with E-state index >= 15 is 0 Å². The van der Waals surface area contributed by atoms with Crippen molar-refractivity contribution in [2.75, 3.05) is 32.1 Å². The molecule has 2 heterocycles. The predicted octanol–water partition coefficient (Wildman–Crippen LogP) is 2.36. The number of nitrogens with one attached hydrogen (secondary N) is 1. The molecule has 0 atom stereocenters. The van der Waals surface area contributed by atoms with Crippen molar-refractivity contribution in [2.24, 2.45) is 0 Å². The summed E-state index contributed by atoms with van der Waals surface area (Å²) in [6.45, 7) is 6.34. The Bertz CT molecular complexity index is 718. The lowest BCUT2D eigenvalue weighted by atomic mass is 9.82. The smallest absolute Gasteiger partial charge is 0.335 e. The molecule has 0 radical (unpaired) electrons. The first-order valence-corrected chi connectivity index (χ1v) is 8.62. The highest BCUT2D eigenvalue weighted by Crippen LogP contribution is 2.41. The fourth-order valence-electron chi connectivity index (χ4n) is 3.64. The highest BCUT2D eigenvalue weighted by atomic mass is 16.6. The summed E-state index contributed by atoms with van der Waals surface area (Å²) >= 11 is 0. The molecule has 134 valence electrons. The van der Waals surface area contributed by atoms with E-state index in [1.54, 1.807) is 26.2 Å². The zero-order valence-corrected chi connectivity index (χ0v) is 14.9. The summed E-state index contributed by atoms with van der Waals surface area (Å²) in [6.07, 6.45) is 1.27. The van der Waals surface area contributed by atoms with Crippen LogP contribution in [0.2, 0.25) is 0 Å². The number of piperidine rings is 1. The molecule has 6 nitrogen and oxygen atoms in total. The fraction of sp³-hybridized carbons (Fsp3) is 0.474. The molecular weight excluding hydrogens is 320 g/mol. The van der Waals surface area contributed by atoms with Gasteiger partial charge in [-0.15, -0.1) is 0 Å². The molecule has 2 aliphatic rings. The molecule has 2 aliphatic heterocycles. The van der Waals surface area contributed by atoms with Crippen LogP contribution in [0, 0.1) is 0 Å². The summed E-state index contributed by atoms with van der Waals surface area (Å²) in [5.41, 5.74) is 0.631. The van der Waals surface area contributed by atoms with Gasteiger partial charge < -0.3 is 19.7 Å². The molecular formula is C19H24N2O4. The van der Waals surface area contributed by atoms with Crippen LogP contribution in [0.15, 0.2) is 35.4 Å². The minimum atomic E-state index is -0.807. The first-order chi connectivity index (χ1) is 12.0. The van der Waals surface area contributed by atoms with Crippen molar-refractivity contribution >= 4 is 17.6 Å². The minimum Gasteiger partial charge on any atom is -0.495 e. The highest BCUT2D eigenvalue weighted by molar-refractivity contribution is 6.13. The van der Waals surface area contributed by atoms with Gasteiger partial charge >= 0.3 is 5.97 Å². The fourth-order valence-corrected chi connectivity index (χ4v) is 3.64. The van der Waals surface area contributed by atoms with Gasteiger partial charge in [0.1, 0.15) is 11.4 Å². The normalized spacial score (nSPS) is 19.9. The molecule has 0 aromatic heterocycles. The van der Waals surface area contributed by atoms with Crippen molar-refractivity contribution in [3.05, 3.63) is 35.4 Å². The number of nitrogens with zero attached hydrogens (tertiary/aromatic N) is 1. The molecule has 1 amide bonds. The third-order valence-electron chi connectivity index (χ3n) is 5.12. The van der Waals surface area contributed by atoms with Gasteiger partial charge in [0.25, 0.3) is 5.91 Å². The first-order valence-electron chi connectivity index (χ1n) is 8.62. The predicted molar refractivity (Wildman–Crippen MR) is 94.5 cm³/mol. The molecule has 0 bridgehead atoms. The number of methoxy groups -OCH3 is 1. The zero-order valence-electron chi connectivity index (χ0n) is 14.9.